The van der Waals surface area contributed by atoms with E-state index in [9.17, 15) is 0 Å². The van der Waals surface area contributed by atoms with E-state index in [-0.39, 0.29) is 0 Å². The number of rotatable bonds is 8. The maximum atomic E-state index is 8.95. The van der Waals surface area contributed by atoms with Crippen molar-refractivity contribution in [1.29, 1.82) is 0 Å². The predicted molar refractivity (Wildman–Crippen MR) is 115 cm³/mol. The summed E-state index contributed by atoms with van der Waals surface area (Å²) < 4.78 is 9.67. The fourth-order valence-corrected chi connectivity index (χ4v) is 2.88. The van der Waals surface area contributed by atoms with Crippen LogP contribution in [0.1, 0.15) is 26.2 Å². The SMILES string of the molecule is CCCCCOc1ccc(-c2ccccc2-c2ccccc2)cc1.COC=O. The first kappa shape index (κ1) is 21.2. The van der Waals surface area contributed by atoms with E-state index in [2.05, 4.69) is 90.5 Å². The van der Waals surface area contributed by atoms with E-state index < -0.39 is 0 Å². The summed E-state index contributed by atoms with van der Waals surface area (Å²) in [4.78, 5) is 8.95. The van der Waals surface area contributed by atoms with Crippen molar-refractivity contribution in [2.45, 2.75) is 26.2 Å². The van der Waals surface area contributed by atoms with Gasteiger partial charge in [-0.15, -0.1) is 0 Å². The normalized spacial score (nSPS) is 9.79. The molecule has 3 heteroatoms. The Bertz CT molecular complexity index is 811. The molecule has 0 radical (unpaired) electrons. The molecule has 28 heavy (non-hydrogen) atoms. The summed E-state index contributed by atoms with van der Waals surface area (Å²) in [6.45, 7) is 3.38. The molecule has 0 fully saturated rings. The van der Waals surface area contributed by atoms with Gasteiger partial charge in [0.15, 0.2) is 0 Å². The summed E-state index contributed by atoms with van der Waals surface area (Å²) in [5.74, 6) is 0.951. The summed E-state index contributed by atoms with van der Waals surface area (Å²) in [6.07, 6.45) is 3.57. The van der Waals surface area contributed by atoms with Crippen LogP contribution in [-0.2, 0) is 9.53 Å². The van der Waals surface area contributed by atoms with Gasteiger partial charge >= 0.3 is 0 Å². The van der Waals surface area contributed by atoms with E-state index in [1.165, 1.54) is 42.2 Å². The van der Waals surface area contributed by atoms with Gasteiger partial charge in [0.25, 0.3) is 6.47 Å². The third-order valence-corrected chi connectivity index (χ3v) is 4.29. The highest BCUT2D eigenvalue weighted by atomic mass is 16.5. The van der Waals surface area contributed by atoms with Gasteiger partial charge in [-0.1, -0.05) is 86.5 Å². The first-order chi connectivity index (χ1) is 13.8. The molecular weight excluding hydrogens is 348 g/mol. The Morgan fingerprint density at radius 3 is 1.82 bits per heavy atom. The lowest BCUT2D eigenvalue weighted by Gasteiger charge is -2.11. The number of hydrogen-bond acceptors (Lipinski definition) is 3. The van der Waals surface area contributed by atoms with E-state index in [0.717, 1.165) is 18.8 Å². The maximum absolute atomic E-state index is 8.95. The molecule has 0 saturated heterocycles. The van der Waals surface area contributed by atoms with Crippen LogP contribution in [0, 0.1) is 0 Å². The van der Waals surface area contributed by atoms with Crippen LogP contribution in [0.2, 0.25) is 0 Å². The molecule has 3 rings (SSSR count). The molecule has 3 aromatic rings. The molecule has 0 aliphatic carbocycles. The molecule has 0 spiro atoms. The molecule has 146 valence electrons. The van der Waals surface area contributed by atoms with Gasteiger partial charge in [-0.25, -0.2) is 0 Å². The quantitative estimate of drug-likeness (QED) is 0.338. The fourth-order valence-electron chi connectivity index (χ4n) is 2.88. The largest absolute Gasteiger partial charge is 0.494 e. The van der Waals surface area contributed by atoms with Gasteiger partial charge in [0.2, 0.25) is 0 Å². The third-order valence-electron chi connectivity index (χ3n) is 4.29. The summed E-state index contributed by atoms with van der Waals surface area (Å²) >= 11 is 0. The molecule has 0 saturated carbocycles. The van der Waals surface area contributed by atoms with Crippen molar-refractivity contribution in [2.75, 3.05) is 13.7 Å². The van der Waals surface area contributed by atoms with E-state index >= 15 is 0 Å². The Morgan fingerprint density at radius 2 is 1.29 bits per heavy atom. The van der Waals surface area contributed by atoms with Gasteiger partial charge in [0, 0.05) is 0 Å². The number of carbonyl (C=O) groups excluding carboxylic acids is 1. The van der Waals surface area contributed by atoms with Crippen LogP contribution in [-0.4, -0.2) is 20.2 Å². The van der Waals surface area contributed by atoms with Crippen LogP contribution in [0.25, 0.3) is 22.3 Å². The second-order valence-corrected chi connectivity index (χ2v) is 6.32. The average Bonchev–Trinajstić information content (AvgIpc) is 2.78. The van der Waals surface area contributed by atoms with Crippen molar-refractivity contribution in [3.63, 3.8) is 0 Å². The minimum atomic E-state index is 0.375. The monoisotopic (exact) mass is 376 g/mol. The summed E-state index contributed by atoms with van der Waals surface area (Å²) in [5, 5.41) is 0. The number of ether oxygens (including phenoxy) is 2. The van der Waals surface area contributed by atoms with Crippen molar-refractivity contribution in [2.24, 2.45) is 0 Å². The van der Waals surface area contributed by atoms with E-state index in [1.807, 2.05) is 0 Å². The highest BCUT2D eigenvalue weighted by Gasteiger charge is 2.06. The van der Waals surface area contributed by atoms with Crippen molar-refractivity contribution in [1.82, 2.24) is 0 Å². The smallest absolute Gasteiger partial charge is 0.292 e. The molecule has 0 atom stereocenters. The zero-order valence-corrected chi connectivity index (χ0v) is 16.6. The van der Waals surface area contributed by atoms with Crippen LogP contribution < -0.4 is 4.74 Å². The number of carbonyl (C=O) groups is 1. The molecule has 3 aromatic carbocycles. The molecule has 0 heterocycles. The van der Waals surface area contributed by atoms with Crippen LogP contribution in [0.4, 0.5) is 0 Å². The lowest BCUT2D eigenvalue weighted by atomic mass is 9.95. The molecule has 3 nitrogen and oxygen atoms in total. The molecule has 0 unspecified atom stereocenters. The molecule has 0 aliphatic rings. The molecule has 0 aromatic heterocycles. The zero-order valence-electron chi connectivity index (χ0n) is 16.6. The lowest BCUT2D eigenvalue weighted by Crippen LogP contribution is -1.96. The Balaban J connectivity index is 0.000000640. The van der Waals surface area contributed by atoms with Crippen molar-refractivity contribution in [3.8, 4) is 28.0 Å². The second kappa shape index (κ2) is 12.3. The number of hydrogen-bond donors (Lipinski definition) is 0. The number of unbranched alkanes of at least 4 members (excludes halogenated alkanes) is 2. The van der Waals surface area contributed by atoms with Crippen LogP contribution in [0.3, 0.4) is 0 Å². The van der Waals surface area contributed by atoms with E-state index in [0.29, 0.717) is 6.47 Å². The van der Waals surface area contributed by atoms with Gasteiger partial charge < -0.3 is 9.47 Å². The topological polar surface area (TPSA) is 35.5 Å². The maximum Gasteiger partial charge on any atom is 0.292 e. The standard InChI is InChI=1S/C23H24O.C2H4O2/c1-2-3-9-18-24-21-16-14-20(15-17-21)23-13-8-7-12-22(23)19-10-5-4-6-11-19;1-4-2-3/h4-8,10-17H,2-3,9,18H2,1H3;2H,1H3. The minimum absolute atomic E-state index is 0.375. The van der Waals surface area contributed by atoms with Gasteiger partial charge in [0.05, 0.1) is 13.7 Å². The zero-order chi connectivity index (χ0) is 20.0. The Labute approximate surface area is 167 Å². The summed E-state index contributed by atoms with van der Waals surface area (Å²) in [6, 6.07) is 27.5. The van der Waals surface area contributed by atoms with Gasteiger partial charge in [-0.3, -0.25) is 4.79 Å². The van der Waals surface area contributed by atoms with Gasteiger partial charge in [0.1, 0.15) is 5.75 Å². The fraction of sp³-hybridized carbons (Fsp3) is 0.240. The average molecular weight is 376 g/mol. The van der Waals surface area contributed by atoms with Crippen LogP contribution >= 0.6 is 0 Å². The van der Waals surface area contributed by atoms with E-state index in [1.54, 1.807) is 0 Å². The van der Waals surface area contributed by atoms with Gasteiger partial charge in [-0.05, 0) is 40.8 Å². The number of methoxy groups -OCH3 is 1. The summed E-state index contributed by atoms with van der Waals surface area (Å²) in [5.41, 5.74) is 4.97. The molecule has 0 N–H and O–H groups in total. The Hall–Kier alpha value is -3.07. The van der Waals surface area contributed by atoms with E-state index in [4.69, 9.17) is 9.53 Å². The molecular formula is C25H28O3. The molecule has 0 bridgehead atoms. The molecule has 0 amide bonds. The third kappa shape index (κ3) is 6.58. The first-order valence-electron chi connectivity index (χ1n) is 9.64. The minimum Gasteiger partial charge on any atom is -0.494 e. The predicted octanol–water partition coefficient (Wildman–Crippen LogP) is 6.38. The van der Waals surface area contributed by atoms with Crippen molar-refractivity contribution < 1.29 is 14.3 Å². The second-order valence-electron chi connectivity index (χ2n) is 6.32. The number of benzene rings is 3. The first-order valence-corrected chi connectivity index (χ1v) is 9.64. The lowest BCUT2D eigenvalue weighted by molar-refractivity contribution is -0.126. The highest BCUT2D eigenvalue weighted by molar-refractivity contribution is 5.83. The van der Waals surface area contributed by atoms with Gasteiger partial charge in [-0.2, -0.15) is 0 Å². The van der Waals surface area contributed by atoms with Crippen LogP contribution in [0.15, 0.2) is 78.9 Å². The molecule has 0 aliphatic heterocycles. The Kier molecular flexibility index (Phi) is 9.36. The van der Waals surface area contributed by atoms with Crippen molar-refractivity contribution >= 4 is 6.47 Å². The Morgan fingerprint density at radius 1 is 0.750 bits per heavy atom. The van der Waals surface area contributed by atoms with Crippen LogP contribution in [0.5, 0.6) is 5.75 Å². The highest BCUT2D eigenvalue weighted by Crippen LogP contribution is 2.32. The van der Waals surface area contributed by atoms with Crippen molar-refractivity contribution in [3.05, 3.63) is 78.9 Å². The summed E-state index contributed by atoms with van der Waals surface area (Å²) in [7, 11) is 1.31.